The molecule has 2 aromatic rings. The van der Waals surface area contributed by atoms with Crippen molar-refractivity contribution in [1.29, 1.82) is 0 Å². The van der Waals surface area contributed by atoms with Gasteiger partial charge in [-0.1, -0.05) is 13.0 Å². The van der Waals surface area contributed by atoms with Gasteiger partial charge in [0.15, 0.2) is 9.84 Å². The summed E-state index contributed by atoms with van der Waals surface area (Å²) in [6.07, 6.45) is 2.16. The number of imidazole rings is 1. The van der Waals surface area contributed by atoms with E-state index in [0.29, 0.717) is 12.4 Å². The maximum Gasteiger partial charge on any atom is 0.154 e. The lowest BCUT2D eigenvalue weighted by molar-refractivity contribution is 0.595. The van der Waals surface area contributed by atoms with Crippen LogP contribution in [0.25, 0.3) is 11.0 Å². The number of aromatic nitrogens is 2. The molecule has 1 heterocycles. The van der Waals surface area contributed by atoms with Gasteiger partial charge in [-0.2, -0.15) is 0 Å². The third-order valence-corrected chi connectivity index (χ3v) is 3.75. The molecule has 0 atom stereocenters. The van der Waals surface area contributed by atoms with Gasteiger partial charge in [-0.25, -0.2) is 13.4 Å². The van der Waals surface area contributed by atoms with Crippen molar-refractivity contribution in [3.05, 3.63) is 29.6 Å². The normalized spacial score (nSPS) is 12.2. The fraction of sp³-hybridized carbons (Fsp3) is 0.462. The minimum Gasteiger partial charge on any atom is -0.327 e. The number of hydrogen-bond donors (Lipinski definition) is 1. The van der Waals surface area contributed by atoms with Gasteiger partial charge >= 0.3 is 0 Å². The Morgan fingerprint density at radius 1 is 1.37 bits per heavy atom. The van der Waals surface area contributed by atoms with E-state index in [1.807, 2.05) is 22.8 Å². The number of aryl methyl sites for hydroxylation is 1. The van der Waals surface area contributed by atoms with Crippen molar-refractivity contribution in [2.75, 3.05) is 6.26 Å². The number of benzene rings is 1. The Morgan fingerprint density at radius 3 is 2.68 bits per heavy atom. The second-order valence-corrected chi connectivity index (χ2v) is 6.92. The van der Waals surface area contributed by atoms with E-state index in [1.165, 1.54) is 6.26 Å². The summed E-state index contributed by atoms with van der Waals surface area (Å²) in [5, 5.41) is 0. The molecule has 0 saturated carbocycles. The summed E-state index contributed by atoms with van der Waals surface area (Å²) in [5.41, 5.74) is 8.40. The van der Waals surface area contributed by atoms with Crippen LogP contribution in [0.2, 0.25) is 0 Å². The van der Waals surface area contributed by atoms with E-state index in [1.54, 1.807) is 0 Å². The van der Waals surface area contributed by atoms with E-state index in [0.717, 1.165) is 29.6 Å². The molecule has 19 heavy (non-hydrogen) atoms. The van der Waals surface area contributed by atoms with E-state index in [-0.39, 0.29) is 5.75 Å². The quantitative estimate of drug-likeness (QED) is 0.899. The maximum atomic E-state index is 11.5. The molecule has 0 amide bonds. The lowest BCUT2D eigenvalue weighted by atomic mass is 10.2. The second kappa shape index (κ2) is 5.30. The molecule has 0 aliphatic heterocycles. The van der Waals surface area contributed by atoms with Crippen LogP contribution in [-0.4, -0.2) is 24.2 Å². The van der Waals surface area contributed by atoms with Crippen LogP contribution < -0.4 is 5.73 Å². The van der Waals surface area contributed by atoms with Gasteiger partial charge in [0.1, 0.15) is 11.6 Å². The first-order chi connectivity index (χ1) is 8.94. The Bertz CT molecular complexity index is 689. The van der Waals surface area contributed by atoms with Crippen molar-refractivity contribution in [1.82, 2.24) is 9.55 Å². The van der Waals surface area contributed by atoms with Gasteiger partial charge < -0.3 is 10.3 Å². The molecule has 0 aliphatic rings. The molecule has 1 aromatic carbocycles. The third-order valence-electron chi connectivity index (χ3n) is 2.97. The van der Waals surface area contributed by atoms with Crippen LogP contribution in [0.15, 0.2) is 18.2 Å². The summed E-state index contributed by atoms with van der Waals surface area (Å²) < 4.78 is 25.0. The topological polar surface area (TPSA) is 78.0 Å². The van der Waals surface area contributed by atoms with E-state index < -0.39 is 9.84 Å². The fourth-order valence-corrected chi connectivity index (χ4v) is 2.86. The van der Waals surface area contributed by atoms with E-state index >= 15 is 0 Å². The van der Waals surface area contributed by atoms with Crippen molar-refractivity contribution in [3.63, 3.8) is 0 Å². The molecule has 1 aromatic heterocycles. The Kier molecular flexibility index (Phi) is 3.91. The van der Waals surface area contributed by atoms with Crippen LogP contribution in [0, 0.1) is 0 Å². The molecular weight excluding hydrogens is 262 g/mol. The maximum absolute atomic E-state index is 11.5. The smallest absolute Gasteiger partial charge is 0.154 e. The Hall–Kier alpha value is -1.40. The van der Waals surface area contributed by atoms with Crippen molar-refractivity contribution >= 4 is 20.9 Å². The highest BCUT2D eigenvalue weighted by atomic mass is 32.2. The number of nitrogens with two attached hydrogens (primary N) is 1. The highest BCUT2D eigenvalue weighted by molar-refractivity contribution is 7.89. The van der Waals surface area contributed by atoms with Crippen molar-refractivity contribution in [2.45, 2.75) is 32.2 Å². The van der Waals surface area contributed by atoms with Gasteiger partial charge in [0.05, 0.1) is 11.0 Å². The first-order valence-electron chi connectivity index (χ1n) is 6.30. The first-order valence-corrected chi connectivity index (χ1v) is 8.36. The second-order valence-electron chi connectivity index (χ2n) is 4.78. The SMILES string of the molecule is CCCn1c(CS(C)(=O)=O)nc2cc(CN)ccc21. The van der Waals surface area contributed by atoms with E-state index in [2.05, 4.69) is 11.9 Å². The fourth-order valence-electron chi connectivity index (χ4n) is 2.17. The van der Waals surface area contributed by atoms with Gasteiger partial charge in [-0.15, -0.1) is 0 Å². The zero-order valence-corrected chi connectivity index (χ0v) is 12.1. The molecular formula is C13H19N3O2S. The van der Waals surface area contributed by atoms with Gasteiger partial charge in [0, 0.05) is 19.3 Å². The van der Waals surface area contributed by atoms with Crippen molar-refractivity contribution < 1.29 is 8.42 Å². The summed E-state index contributed by atoms with van der Waals surface area (Å²) >= 11 is 0. The van der Waals surface area contributed by atoms with Crippen molar-refractivity contribution in [3.8, 4) is 0 Å². The molecule has 0 bridgehead atoms. The molecule has 2 rings (SSSR count). The predicted molar refractivity (Wildman–Crippen MR) is 76.5 cm³/mol. The highest BCUT2D eigenvalue weighted by Gasteiger charge is 2.14. The highest BCUT2D eigenvalue weighted by Crippen LogP contribution is 2.20. The number of rotatable bonds is 5. The average molecular weight is 281 g/mol. The lowest BCUT2D eigenvalue weighted by Crippen LogP contribution is -2.09. The Balaban J connectivity index is 2.58. The molecule has 0 saturated heterocycles. The Morgan fingerprint density at radius 2 is 2.11 bits per heavy atom. The molecule has 0 unspecified atom stereocenters. The zero-order valence-electron chi connectivity index (χ0n) is 11.3. The number of nitrogens with zero attached hydrogens (tertiary/aromatic N) is 2. The monoisotopic (exact) mass is 281 g/mol. The molecule has 6 heteroatoms. The van der Waals surface area contributed by atoms with Gasteiger partial charge in [-0.05, 0) is 24.1 Å². The number of sulfone groups is 1. The predicted octanol–water partition coefficient (Wildman–Crippen LogP) is 1.45. The minimum absolute atomic E-state index is 0.0281. The van der Waals surface area contributed by atoms with Crippen LogP contribution in [0.4, 0.5) is 0 Å². The van der Waals surface area contributed by atoms with Crippen LogP contribution in [0.3, 0.4) is 0 Å². The summed E-state index contributed by atoms with van der Waals surface area (Å²) in [6.45, 7) is 3.28. The van der Waals surface area contributed by atoms with E-state index in [4.69, 9.17) is 5.73 Å². The van der Waals surface area contributed by atoms with Crippen LogP contribution >= 0.6 is 0 Å². The average Bonchev–Trinajstić information content (AvgIpc) is 2.64. The molecule has 2 N–H and O–H groups in total. The molecule has 0 spiro atoms. The van der Waals surface area contributed by atoms with Gasteiger partial charge in [0.2, 0.25) is 0 Å². The lowest BCUT2D eigenvalue weighted by Gasteiger charge is -2.06. The Labute approximate surface area is 113 Å². The van der Waals surface area contributed by atoms with Crippen LogP contribution in [0.1, 0.15) is 24.7 Å². The van der Waals surface area contributed by atoms with Gasteiger partial charge in [-0.3, -0.25) is 0 Å². The number of fused-ring (bicyclic) bond motifs is 1. The summed E-state index contributed by atoms with van der Waals surface area (Å²) in [6, 6.07) is 5.85. The standard InChI is InChI=1S/C13H19N3O2S/c1-3-6-16-12-5-4-10(8-14)7-11(12)15-13(16)9-19(2,17)18/h4-5,7H,3,6,8-9,14H2,1-2H3. The molecule has 0 aliphatic carbocycles. The van der Waals surface area contributed by atoms with Crippen LogP contribution in [0.5, 0.6) is 0 Å². The third kappa shape index (κ3) is 3.13. The molecule has 0 fully saturated rings. The largest absolute Gasteiger partial charge is 0.327 e. The first kappa shape index (κ1) is 14.0. The van der Waals surface area contributed by atoms with Crippen LogP contribution in [-0.2, 0) is 28.7 Å². The molecule has 0 radical (unpaired) electrons. The molecule has 104 valence electrons. The summed E-state index contributed by atoms with van der Waals surface area (Å²) in [7, 11) is -3.09. The zero-order chi connectivity index (χ0) is 14.0. The van der Waals surface area contributed by atoms with E-state index in [9.17, 15) is 8.42 Å². The number of hydrogen-bond acceptors (Lipinski definition) is 4. The van der Waals surface area contributed by atoms with Crippen molar-refractivity contribution in [2.24, 2.45) is 5.73 Å². The summed E-state index contributed by atoms with van der Waals surface area (Å²) in [4.78, 5) is 4.45. The minimum atomic E-state index is -3.09. The molecule has 5 nitrogen and oxygen atoms in total. The van der Waals surface area contributed by atoms with Gasteiger partial charge in [0.25, 0.3) is 0 Å². The summed E-state index contributed by atoms with van der Waals surface area (Å²) in [5.74, 6) is 0.577.